The molecule has 19 heavy (non-hydrogen) atoms. The van der Waals surface area contributed by atoms with Crippen molar-refractivity contribution in [1.29, 1.82) is 0 Å². The van der Waals surface area contributed by atoms with Gasteiger partial charge in [0.15, 0.2) is 0 Å². The molecule has 5 heteroatoms. The van der Waals surface area contributed by atoms with E-state index in [2.05, 4.69) is 4.98 Å². The highest BCUT2D eigenvalue weighted by molar-refractivity contribution is 5.70. The number of benzene rings is 1. The van der Waals surface area contributed by atoms with Crippen LogP contribution in [0.5, 0.6) is 0 Å². The number of aliphatic carboxylic acids is 1. The summed E-state index contributed by atoms with van der Waals surface area (Å²) in [7, 11) is 5.81. The largest absolute Gasteiger partial charge is 0.481 e. The molecule has 0 amide bonds. The normalized spacial score (nSPS) is 10.5. The van der Waals surface area contributed by atoms with Gasteiger partial charge in [-0.2, -0.15) is 0 Å². The number of anilines is 1. The van der Waals surface area contributed by atoms with Crippen LogP contribution >= 0.6 is 0 Å². The molecule has 0 saturated heterocycles. The summed E-state index contributed by atoms with van der Waals surface area (Å²) in [5, 5.41) is 8.82. The maximum Gasteiger partial charge on any atom is 0.309 e. The van der Waals surface area contributed by atoms with Crippen molar-refractivity contribution in [3.63, 3.8) is 0 Å². The van der Waals surface area contributed by atoms with Crippen molar-refractivity contribution in [2.75, 3.05) is 19.0 Å². The van der Waals surface area contributed by atoms with Crippen LogP contribution < -0.4 is 4.90 Å². The zero-order valence-electron chi connectivity index (χ0n) is 11.3. The molecule has 2 rings (SSSR count). The zero-order chi connectivity index (χ0) is 14.0. The fraction of sp³-hybridized carbons (Fsp3) is 0.286. The van der Waals surface area contributed by atoms with Gasteiger partial charge in [-0.3, -0.25) is 4.79 Å². The van der Waals surface area contributed by atoms with Crippen molar-refractivity contribution < 1.29 is 9.90 Å². The Kier molecular flexibility index (Phi) is 3.55. The van der Waals surface area contributed by atoms with Gasteiger partial charge in [0.05, 0.1) is 6.42 Å². The maximum atomic E-state index is 10.7. The van der Waals surface area contributed by atoms with Gasteiger partial charge >= 0.3 is 5.97 Å². The SMILES string of the molecule is CN(C)c1ccc(-c2ncc(CC(=O)O)n2C)cc1. The van der Waals surface area contributed by atoms with Crippen LogP contribution in [0.2, 0.25) is 0 Å². The van der Waals surface area contributed by atoms with E-state index >= 15 is 0 Å². The molecular weight excluding hydrogens is 242 g/mol. The zero-order valence-corrected chi connectivity index (χ0v) is 11.3. The first-order valence-corrected chi connectivity index (χ1v) is 5.99. The Bertz CT molecular complexity index is 585. The van der Waals surface area contributed by atoms with E-state index in [1.165, 1.54) is 0 Å². The van der Waals surface area contributed by atoms with E-state index in [1.54, 1.807) is 6.20 Å². The summed E-state index contributed by atoms with van der Waals surface area (Å²) >= 11 is 0. The lowest BCUT2D eigenvalue weighted by Gasteiger charge is -2.12. The standard InChI is InChI=1S/C14H17N3O2/c1-16(2)11-6-4-10(5-7-11)14-15-9-12(17(14)3)8-13(18)19/h4-7,9H,8H2,1-3H3,(H,18,19). The van der Waals surface area contributed by atoms with Gasteiger partial charge in [0.2, 0.25) is 0 Å². The van der Waals surface area contributed by atoms with E-state index in [4.69, 9.17) is 5.11 Å². The van der Waals surface area contributed by atoms with Crippen LogP contribution in [-0.2, 0) is 18.3 Å². The number of carbonyl (C=O) groups is 1. The van der Waals surface area contributed by atoms with Crippen molar-refractivity contribution >= 4 is 11.7 Å². The van der Waals surface area contributed by atoms with Crippen LogP contribution in [0.15, 0.2) is 30.5 Å². The molecule has 1 heterocycles. The number of imidazole rings is 1. The average molecular weight is 259 g/mol. The summed E-state index contributed by atoms with van der Waals surface area (Å²) in [6.45, 7) is 0. The molecule has 0 aliphatic carbocycles. The summed E-state index contributed by atoms with van der Waals surface area (Å²) in [6.07, 6.45) is 1.60. The lowest BCUT2D eigenvalue weighted by Crippen LogP contribution is -2.08. The molecule has 0 unspecified atom stereocenters. The predicted octanol–water partition coefficient (Wildman–Crippen LogP) is 1.78. The Labute approximate surface area is 112 Å². The van der Waals surface area contributed by atoms with E-state index in [1.807, 2.05) is 54.9 Å². The van der Waals surface area contributed by atoms with Crippen molar-refractivity contribution in [2.45, 2.75) is 6.42 Å². The van der Waals surface area contributed by atoms with E-state index < -0.39 is 5.97 Å². The van der Waals surface area contributed by atoms with Gasteiger partial charge in [0.25, 0.3) is 0 Å². The first-order chi connectivity index (χ1) is 8.99. The smallest absolute Gasteiger partial charge is 0.309 e. The number of hydrogen-bond donors (Lipinski definition) is 1. The Morgan fingerprint density at radius 1 is 1.32 bits per heavy atom. The number of rotatable bonds is 4. The van der Waals surface area contributed by atoms with Gasteiger partial charge in [-0.1, -0.05) is 0 Å². The van der Waals surface area contributed by atoms with Crippen molar-refractivity contribution in [3.8, 4) is 11.4 Å². The molecule has 0 aliphatic rings. The number of carboxylic acid groups (broad SMARTS) is 1. The fourth-order valence-electron chi connectivity index (χ4n) is 1.94. The molecule has 0 spiro atoms. The molecule has 2 aromatic rings. The first kappa shape index (κ1) is 13.1. The summed E-state index contributed by atoms with van der Waals surface area (Å²) in [5.74, 6) is -0.0703. The summed E-state index contributed by atoms with van der Waals surface area (Å²) in [4.78, 5) is 17.1. The Balaban J connectivity index is 2.31. The molecule has 0 atom stereocenters. The molecule has 1 aromatic carbocycles. The topological polar surface area (TPSA) is 58.4 Å². The van der Waals surface area contributed by atoms with E-state index in [0.717, 1.165) is 17.1 Å². The van der Waals surface area contributed by atoms with Gasteiger partial charge in [-0.15, -0.1) is 0 Å². The van der Waals surface area contributed by atoms with Gasteiger partial charge in [0, 0.05) is 44.3 Å². The van der Waals surface area contributed by atoms with Gasteiger partial charge < -0.3 is 14.6 Å². The van der Waals surface area contributed by atoms with Gasteiger partial charge in [-0.05, 0) is 24.3 Å². The van der Waals surface area contributed by atoms with Crippen molar-refractivity contribution in [1.82, 2.24) is 9.55 Å². The highest BCUT2D eigenvalue weighted by Crippen LogP contribution is 2.22. The minimum absolute atomic E-state index is 0.0146. The van der Waals surface area contributed by atoms with Crippen LogP contribution in [0.4, 0.5) is 5.69 Å². The molecule has 1 N–H and O–H groups in total. The van der Waals surface area contributed by atoms with Crippen LogP contribution in [-0.4, -0.2) is 34.7 Å². The summed E-state index contributed by atoms with van der Waals surface area (Å²) < 4.78 is 1.82. The molecule has 100 valence electrons. The lowest BCUT2D eigenvalue weighted by molar-refractivity contribution is -0.136. The minimum atomic E-state index is -0.850. The predicted molar refractivity (Wildman–Crippen MR) is 74.3 cm³/mol. The quantitative estimate of drug-likeness (QED) is 0.909. The molecule has 0 aliphatic heterocycles. The third-order valence-corrected chi connectivity index (χ3v) is 3.06. The first-order valence-electron chi connectivity index (χ1n) is 5.99. The second-order valence-corrected chi connectivity index (χ2v) is 4.64. The average Bonchev–Trinajstić information content (AvgIpc) is 2.70. The van der Waals surface area contributed by atoms with Crippen molar-refractivity contribution in [2.24, 2.45) is 7.05 Å². The Morgan fingerprint density at radius 3 is 2.47 bits per heavy atom. The van der Waals surface area contributed by atoms with E-state index in [0.29, 0.717) is 5.69 Å². The van der Waals surface area contributed by atoms with Gasteiger partial charge in [-0.25, -0.2) is 4.98 Å². The number of aromatic nitrogens is 2. The highest BCUT2D eigenvalue weighted by atomic mass is 16.4. The van der Waals surface area contributed by atoms with Crippen LogP contribution in [0.1, 0.15) is 5.69 Å². The van der Waals surface area contributed by atoms with Crippen LogP contribution in [0.3, 0.4) is 0 Å². The molecule has 1 aromatic heterocycles. The molecular formula is C14H17N3O2. The van der Waals surface area contributed by atoms with Crippen LogP contribution in [0.25, 0.3) is 11.4 Å². The third kappa shape index (κ3) is 2.76. The van der Waals surface area contributed by atoms with E-state index in [-0.39, 0.29) is 6.42 Å². The minimum Gasteiger partial charge on any atom is -0.481 e. The Morgan fingerprint density at radius 2 is 1.95 bits per heavy atom. The monoisotopic (exact) mass is 259 g/mol. The second kappa shape index (κ2) is 5.14. The maximum absolute atomic E-state index is 10.7. The molecule has 5 nitrogen and oxygen atoms in total. The lowest BCUT2D eigenvalue weighted by atomic mass is 10.2. The second-order valence-electron chi connectivity index (χ2n) is 4.64. The van der Waals surface area contributed by atoms with Crippen molar-refractivity contribution in [3.05, 3.63) is 36.2 Å². The molecule has 0 fully saturated rings. The highest BCUT2D eigenvalue weighted by Gasteiger charge is 2.11. The Hall–Kier alpha value is -2.30. The van der Waals surface area contributed by atoms with E-state index in [9.17, 15) is 4.79 Å². The number of hydrogen-bond acceptors (Lipinski definition) is 3. The number of nitrogens with zero attached hydrogens (tertiary/aromatic N) is 3. The molecule has 0 radical (unpaired) electrons. The number of carboxylic acids is 1. The molecule has 0 bridgehead atoms. The molecule has 0 saturated carbocycles. The summed E-state index contributed by atoms with van der Waals surface area (Å²) in [6, 6.07) is 8.01. The van der Waals surface area contributed by atoms with Crippen LogP contribution in [0, 0.1) is 0 Å². The summed E-state index contributed by atoms with van der Waals surface area (Å²) in [5.41, 5.74) is 2.78. The third-order valence-electron chi connectivity index (χ3n) is 3.06. The van der Waals surface area contributed by atoms with Gasteiger partial charge in [0.1, 0.15) is 5.82 Å². The fourth-order valence-corrected chi connectivity index (χ4v) is 1.94.